The van der Waals surface area contributed by atoms with Crippen LogP contribution in [0.4, 0.5) is 0 Å². The fourth-order valence-electron chi connectivity index (χ4n) is 0.800. The molecule has 1 heterocycles. The van der Waals surface area contributed by atoms with Gasteiger partial charge >= 0.3 is 0 Å². The molecular formula is C9H9N3O2. The molecule has 1 amide bonds. The molecule has 5 nitrogen and oxygen atoms in total. The second-order valence-corrected chi connectivity index (χ2v) is 2.47. The number of hydrogen-bond donors (Lipinski definition) is 2. The van der Waals surface area contributed by atoms with Crippen LogP contribution in [0.25, 0.3) is 0 Å². The smallest absolute Gasteiger partial charge is 0.296 e. The summed E-state index contributed by atoms with van der Waals surface area (Å²) in [5.74, 6) is 4.44. The van der Waals surface area contributed by atoms with Crippen molar-refractivity contribution in [2.24, 2.45) is 0 Å². The molecule has 0 spiro atoms. The number of carbonyl (C=O) groups is 1. The highest BCUT2D eigenvalue weighted by Gasteiger charge is 1.97. The number of aromatic nitrogens is 2. The summed E-state index contributed by atoms with van der Waals surface area (Å²) >= 11 is 0. The topological polar surface area (TPSA) is 74.8 Å². The third-order valence-electron chi connectivity index (χ3n) is 1.41. The van der Waals surface area contributed by atoms with E-state index in [1.54, 1.807) is 13.0 Å². The zero-order valence-corrected chi connectivity index (χ0v) is 7.63. The lowest BCUT2D eigenvalue weighted by atomic mass is 10.4. The van der Waals surface area contributed by atoms with E-state index in [9.17, 15) is 9.59 Å². The number of nitrogens with zero attached hydrogens (tertiary/aromatic N) is 1. The van der Waals surface area contributed by atoms with E-state index in [2.05, 4.69) is 27.4 Å². The number of nitrogens with one attached hydrogen (secondary N) is 2. The molecule has 0 aromatic carbocycles. The highest BCUT2D eigenvalue weighted by molar-refractivity contribution is 5.93. The van der Waals surface area contributed by atoms with Gasteiger partial charge in [-0.3, -0.25) is 9.59 Å². The average molecular weight is 191 g/mol. The fraction of sp³-hybridized carbons (Fsp3) is 0.222. The van der Waals surface area contributed by atoms with Crippen molar-refractivity contribution in [3.63, 3.8) is 0 Å². The van der Waals surface area contributed by atoms with E-state index in [1.807, 2.05) is 0 Å². The summed E-state index contributed by atoms with van der Waals surface area (Å²) in [6, 6.07) is 2.89. The van der Waals surface area contributed by atoms with Crippen molar-refractivity contribution in [2.75, 3.05) is 0 Å². The van der Waals surface area contributed by atoms with Crippen molar-refractivity contribution < 1.29 is 4.79 Å². The van der Waals surface area contributed by atoms with Crippen LogP contribution < -0.4 is 10.9 Å². The van der Waals surface area contributed by atoms with Gasteiger partial charge in [-0.25, -0.2) is 5.10 Å². The van der Waals surface area contributed by atoms with Gasteiger partial charge in [0.2, 0.25) is 0 Å². The molecule has 0 aliphatic carbocycles. The molecule has 14 heavy (non-hydrogen) atoms. The number of carbonyl (C=O) groups excluding carboxylic acids is 1. The van der Waals surface area contributed by atoms with Crippen LogP contribution in [0.2, 0.25) is 0 Å². The van der Waals surface area contributed by atoms with Gasteiger partial charge in [-0.15, -0.1) is 0 Å². The van der Waals surface area contributed by atoms with Crippen LogP contribution in [0.3, 0.4) is 0 Å². The zero-order valence-electron chi connectivity index (χ0n) is 7.63. The quantitative estimate of drug-likeness (QED) is 0.613. The normalized spacial score (nSPS) is 8.64. The molecule has 0 bridgehead atoms. The maximum Gasteiger partial charge on any atom is 0.296 e. The van der Waals surface area contributed by atoms with Crippen molar-refractivity contribution in [1.29, 1.82) is 0 Å². The summed E-state index contributed by atoms with van der Waals surface area (Å²) in [6.07, 6.45) is 0. The molecule has 0 fully saturated rings. The van der Waals surface area contributed by atoms with Crippen molar-refractivity contribution in [2.45, 2.75) is 13.5 Å². The van der Waals surface area contributed by atoms with E-state index in [-0.39, 0.29) is 18.0 Å². The van der Waals surface area contributed by atoms with Crippen molar-refractivity contribution >= 4 is 5.91 Å². The summed E-state index contributed by atoms with van der Waals surface area (Å²) < 4.78 is 0. The molecule has 0 saturated heterocycles. The average Bonchev–Trinajstić information content (AvgIpc) is 2.17. The van der Waals surface area contributed by atoms with Gasteiger partial charge in [-0.2, -0.15) is 5.10 Å². The minimum absolute atomic E-state index is 0.254. The molecule has 72 valence electrons. The maximum absolute atomic E-state index is 10.9. The molecule has 0 aliphatic rings. The van der Waals surface area contributed by atoms with Crippen molar-refractivity contribution in [3.05, 3.63) is 28.2 Å². The van der Waals surface area contributed by atoms with Gasteiger partial charge in [-0.05, 0) is 18.9 Å². The van der Waals surface area contributed by atoms with E-state index in [0.29, 0.717) is 5.69 Å². The standard InChI is InChI=1S/C9H9N3O2/c1-2-3-8(13)10-6-7-4-5-9(14)12-11-7/h4-5H,6H2,1H3,(H,10,13)(H,12,14). The van der Waals surface area contributed by atoms with Crippen LogP contribution in [0, 0.1) is 11.8 Å². The van der Waals surface area contributed by atoms with E-state index in [0.717, 1.165) is 0 Å². The molecule has 5 heteroatoms. The van der Waals surface area contributed by atoms with Crippen LogP contribution in [-0.2, 0) is 11.3 Å². The first-order chi connectivity index (χ1) is 6.72. The van der Waals surface area contributed by atoms with Gasteiger partial charge in [0, 0.05) is 6.07 Å². The molecule has 2 N–H and O–H groups in total. The Kier molecular flexibility index (Phi) is 3.44. The van der Waals surface area contributed by atoms with Gasteiger partial charge in [0.15, 0.2) is 0 Å². The molecule has 1 aromatic heterocycles. The van der Waals surface area contributed by atoms with Crippen LogP contribution in [0.1, 0.15) is 12.6 Å². The minimum atomic E-state index is -0.361. The zero-order chi connectivity index (χ0) is 10.4. The number of hydrogen-bond acceptors (Lipinski definition) is 3. The second kappa shape index (κ2) is 4.82. The minimum Gasteiger partial charge on any atom is -0.340 e. The number of rotatable bonds is 2. The summed E-state index contributed by atoms with van der Waals surface area (Å²) in [4.78, 5) is 21.5. The lowest BCUT2D eigenvalue weighted by molar-refractivity contribution is -0.115. The molecule has 0 saturated carbocycles. The first kappa shape index (κ1) is 9.99. The Morgan fingerprint density at radius 2 is 2.43 bits per heavy atom. The Bertz CT molecular complexity index is 419. The van der Waals surface area contributed by atoms with E-state index >= 15 is 0 Å². The van der Waals surface area contributed by atoms with Gasteiger partial charge in [-0.1, -0.05) is 5.92 Å². The first-order valence-electron chi connectivity index (χ1n) is 3.97. The van der Waals surface area contributed by atoms with E-state index in [4.69, 9.17) is 0 Å². The third-order valence-corrected chi connectivity index (χ3v) is 1.41. The van der Waals surface area contributed by atoms with Crippen LogP contribution >= 0.6 is 0 Å². The Hall–Kier alpha value is -2.09. The number of aromatic amines is 1. The predicted molar refractivity (Wildman–Crippen MR) is 50.2 cm³/mol. The van der Waals surface area contributed by atoms with Gasteiger partial charge < -0.3 is 5.32 Å². The molecule has 1 rings (SSSR count). The molecule has 0 unspecified atom stereocenters. The monoisotopic (exact) mass is 191 g/mol. The highest BCUT2D eigenvalue weighted by Crippen LogP contribution is 1.86. The third kappa shape index (κ3) is 3.11. The largest absolute Gasteiger partial charge is 0.340 e. The van der Waals surface area contributed by atoms with E-state index < -0.39 is 0 Å². The van der Waals surface area contributed by atoms with Crippen molar-refractivity contribution in [1.82, 2.24) is 15.5 Å². The Morgan fingerprint density at radius 3 is 3.00 bits per heavy atom. The molecule has 0 radical (unpaired) electrons. The molecule has 1 aromatic rings. The maximum atomic E-state index is 10.9. The summed E-state index contributed by atoms with van der Waals surface area (Å²) in [5.41, 5.74) is 0.310. The Labute approximate surface area is 80.5 Å². The number of H-pyrrole nitrogens is 1. The molecule has 0 aliphatic heterocycles. The molecular weight excluding hydrogens is 182 g/mol. The fourth-order valence-corrected chi connectivity index (χ4v) is 0.800. The molecule has 0 atom stereocenters. The summed E-state index contributed by atoms with van der Waals surface area (Å²) in [7, 11) is 0. The van der Waals surface area contributed by atoms with Gasteiger partial charge in [0.25, 0.3) is 11.5 Å². The summed E-state index contributed by atoms with van der Waals surface area (Å²) in [6.45, 7) is 1.84. The van der Waals surface area contributed by atoms with Crippen molar-refractivity contribution in [3.8, 4) is 11.8 Å². The van der Waals surface area contributed by atoms with Gasteiger partial charge in [0.05, 0.1) is 12.2 Å². The SMILES string of the molecule is CC#CC(=O)NCc1ccc(=O)[nH]n1. The second-order valence-electron chi connectivity index (χ2n) is 2.47. The van der Waals surface area contributed by atoms with Crippen LogP contribution in [0.15, 0.2) is 16.9 Å². The first-order valence-corrected chi connectivity index (χ1v) is 3.97. The lowest BCUT2D eigenvalue weighted by Crippen LogP contribution is -2.22. The Morgan fingerprint density at radius 1 is 1.64 bits per heavy atom. The Balaban J connectivity index is 2.52. The van der Waals surface area contributed by atoms with E-state index in [1.165, 1.54) is 6.07 Å². The number of amides is 1. The van der Waals surface area contributed by atoms with Crippen LogP contribution in [0.5, 0.6) is 0 Å². The van der Waals surface area contributed by atoms with Gasteiger partial charge in [0.1, 0.15) is 0 Å². The lowest BCUT2D eigenvalue weighted by Gasteiger charge is -1.98. The van der Waals surface area contributed by atoms with Crippen LogP contribution in [-0.4, -0.2) is 16.1 Å². The highest BCUT2D eigenvalue weighted by atomic mass is 16.1. The predicted octanol–water partition coefficient (Wildman–Crippen LogP) is -0.591. The summed E-state index contributed by atoms with van der Waals surface area (Å²) in [5, 5.41) is 8.49.